The van der Waals surface area contributed by atoms with Gasteiger partial charge < -0.3 is 0 Å². The molecule has 0 bridgehead atoms. The number of thiophene rings is 1. The highest BCUT2D eigenvalue weighted by atomic mass is 32.1. The number of rotatable bonds is 5. The fourth-order valence-corrected chi connectivity index (χ4v) is 1.94. The lowest BCUT2D eigenvalue weighted by Crippen LogP contribution is -1.83. The molecule has 1 aromatic rings. The summed E-state index contributed by atoms with van der Waals surface area (Å²) in [4.78, 5) is 0. The van der Waals surface area contributed by atoms with E-state index < -0.39 is 0 Å². The van der Waals surface area contributed by atoms with Crippen molar-refractivity contribution in [2.45, 2.75) is 39.0 Å². The third-order valence-corrected chi connectivity index (χ3v) is 2.78. The summed E-state index contributed by atoms with van der Waals surface area (Å²) in [5.74, 6) is 0. The highest BCUT2D eigenvalue weighted by molar-refractivity contribution is 7.13. The molecular formula is C10H15NS. The van der Waals surface area contributed by atoms with Gasteiger partial charge in [0.15, 0.2) is 0 Å². The lowest BCUT2D eigenvalue weighted by molar-refractivity contribution is 0.667. The minimum absolute atomic E-state index is 0.506. The zero-order chi connectivity index (χ0) is 8.81. The van der Waals surface area contributed by atoms with Crippen LogP contribution in [0.3, 0.4) is 0 Å². The SMILES string of the molecule is CCCCCCc1ccsc1[N]. The summed E-state index contributed by atoms with van der Waals surface area (Å²) in [6.07, 6.45) is 6.11. The monoisotopic (exact) mass is 181 g/mol. The van der Waals surface area contributed by atoms with E-state index in [4.69, 9.17) is 0 Å². The molecule has 0 saturated carbocycles. The summed E-state index contributed by atoms with van der Waals surface area (Å²) in [6.45, 7) is 2.21. The fraction of sp³-hybridized carbons (Fsp3) is 0.600. The number of hydrogen-bond donors (Lipinski definition) is 0. The fourth-order valence-electron chi connectivity index (χ4n) is 1.26. The molecule has 0 aliphatic rings. The minimum atomic E-state index is 0.506. The first-order chi connectivity index (χ1) is 5.84. The molecule has 0 N–H and O–H groups in total. The van der Waals surface area contributed by atoms with E-state index in [0.717, 1.165) is 12.0 Å². The Hall–Kier alpha value is -0.500. The van der Waals surface area contributed by atoms with Gasteiger partial charge in [0.25, 0.3) is 0 Å². The van der Waals surface area contributed by atoms with Crippen LogP contribution in [0.5, 0.6) is 0 Å². The first kappa shape index (κ1) is 9.59. The average Bonchev–Trinajstić information content (AvgIpc) is 2.46. The summed E-state index contributed by atoms with van der Waals surface area (Å²) in [5.41, 5.74) is 10.4. The van der Waals surface area contributed by atoms with Crippen LogP contribution in [-0.4, -0.2) is 0 Å². The first-order valence-corrected chi connectivity index (χ1v) is 5.48. The molecule has 0 fully saturated rings. The van der Waals surface area contributed by atoms with Gasteiger partial charge in [0.05, 0.1) is 0 Å². The van der Waals surface area contributed by atoms with Crippen LogP contribution in [0.2, 0.25) is 0 Å². The summed E-state index contributed by atoms with van der Waals surface area (Å²) in [7, 11) is 0. The predicted molar refractivity (Wildman–Crippen MR) is 54.0 cm³/mol. The molecule has 0 amide bonds. The normalized spacial score (nSPS) is 10.4. The summed E-state index contributed by atoms with van der Waals surface area (Å²) in [5, 5.41) is 2.45. The van der Waals surface area contributed by atoms with Gasteiger partial charge >= 0.3 is 0 Å². The van der Waals surface area contributed by atoms with Gasteiger partial charge in [-0.3, -0.25) is 0 Å². The Balaban J connectivity index is 2.20. The van der Waals surface area contributed by atoms with E-state index in [0.29, 0.717) is 5.00 Å². The Morgan fingerprint density at radius 3 is 2.75 bits per heavy atom. The third-order valence-electron chi connectivity index (χ3n) is 2.02. The molecular weight excluding hydrogens is 166 g/mol. The van der Waals surface area contributed by atoms with Gasteiger partial charge in [0.1, 0.15) is 5.00 Å². The minimum Gasteiger partial charge on any atom is -0.138 e. The van der Waals surface area contributed by atoms with Crippen LogP contribution in [0.15, 0.2) is 11.4 Å². The molecule has 0 unspecified atom stereocenters. The van der Waals surface area contributed by atoms with Crippen molar-refractivity contribution in [2.75, 3.05) is 0 Å². The van der Waals surface area contributed by atoms with Crippen LogP contribution >= 0.6 is 11.3 Å². The van der Waals surface area contributed by atoms with Crippen LogP contribution in [0.25, 0.3) is 0 Å². The van der Waals surface area contributed by atoms with Crippen molar-refractivity contribution < 1.29 is 0 Å². The topological polar surface area (TPSA) is 22.3 Å². The number of unbranched alkanes of at least 4 members (excludes halogenated alkanes) is 3. The lowest BCUT2D eigenvalue weighted by Gasteiger charge is -1.97. The summed E-state index contributed by atoms with van der Waals surface area (Å²) in [6, 6.07) is 2.02. The molecule has 66 valence electrons. The maximum atomic E-state index is 9.33. The number of nitrogens with zero attached hydrogens (tertiary/aromatic N) is 1. The first-order valence-electron chi connectivity index (χ1n) is 4.60. The lowest BCUT2D eigenvalue weighted by atomic mass is 10.1. The van der Waals surface area contributed by atoms with Gasteiger partial charge in [-0.1, -0.05) is 26.2 Å². The van der Waals surface area contributed by atoms with Gasteiger partial charge in [-0.25, -0.2) is 0 Å². The Morgan fingerprint density at radius 1 is 1.33 bits per heavy atom. The van der Waals surface area contributed by atoms with E-state index >= 15 is 0 Å². The maximum Gasteiger partial charge on any atom is 0.142 e. The molecule has 2 heteroatoms. The second-order valence-corrected chi connectivity index (χ2v) is 3.96. The Morgan fingerprint density at radius 2 is 2.17 bits per heavy atom. The van der Waals surface area contributed by atoms with Crippen LogP contribution in [0.1, 0.15) is 38.2 Å². The highest BCUT2D eigenvalue weighted by Crippen LogP contribution is 2.22. The Kier molecular flexibility index (Phi) is 4.15. The smallest absolute Gasteiger partial charge is 0.138 e. The number of aryl methyl sites for hydroxylation is 1. The maximum absolute atomic E-state index is 9.33. The quantitative estimate of drug-likeness (QED) is 0.620. The van der Waals surface area contributed by atoms with E-state index in [-0.39, 0.29) is 0 Å². The average molecular weight is 181 g/mol. The molecule has 1 nitrogen and oxygen atoms in total. The molecule has 0 aromatic carbocycles. The van der Waals surface area contributed by atoms with Gasteiger partial charge in [-0.15, -0.1) is 17.1 Å². The van der Waals surface area contributed by atoms with Gasteiger partial charge in [-0.2, -0.15) is 0 Å². The Labute approximate surface area is 78.6 Å². The molecule has 1 rings (SSSR count). The van der Waals surface area contributed by atoms with Gasteiger partial charge in [0, 0.05) is 0 Å². The van der Waals surface area contributed by atoms with E-state index in [2.05, 4.69) is 6.92 Å². The second-order valence-electron chi connectivity index (χ2n) is 3.06. The third kappa shape index (κ3) is 2.86. The van der Waals surface area contributed by atoms with Crippen molar-refractivity contribution in [3.8, 4) is 0 Å². The molecule has 12 heavy (non-hydrogen) atoms. The van der Waals surface area contributed by atoms with Crippen LogP contribution in [0.4, 0.5) is 5.00 Å². The molecule has 0 saturated heterocycles. The molecule has 0 spiro atoms. The van der Waals surface area contributed by atoms with E-state index in [1.807, 2.05) is 11.4 Å². The van der Waals surface area contributed by atoms with Crippen LogP contribution < -0.4 is 5.73 Å². The van der Waals surface area contributed by atoms with Crippen molar-refractivity contribution in [2.24, 2.45) is 0 Å². The molecule has 0 atom stereocenters. The molecule has 2 radical (unpaired) electrons. The van der Waals surface area contributed by atoms with Crippen molar-refractivity contribution >= 4 is 16.3 Å². The van der Waals surface area contributed by atoms with Crippen molar-refractivity contribution in [3.63, 3.8) is 0 Å². The second kappa shape index (κ2) is 5.20. The summed E-state index contributed by atoms with van der Waals surface area (Å²) >= 11 is 1.42. The molecule has 1 aromatic heterocycles. The van der Waals surface area contributed by atoms with Crippen LogP contribution in [0, 0.1) is 0 Å². The van der Waals surface area contributed by atoms with Crippen molar-refractivity contribution in [3.05, 3.63) is 17.0 Å². The largest absolute Gasteiger partial charge is 0.142 e. The van der Waals surface area contributed by atoms with E-state index in [1.54, 1.807) is 0 Å². The summed E-state index contributed by atoms with van der Waals surface area (Å²) < 4.78 is 0. The van der Waals surface area contributed by atoms with Crippen molar-refractivity contribution in [1.82, 2.24) is 5.73 Å². The van der Waals surface area contributed by atoms with E-state index in [1.165, 1.54) is 37.0 Å². The van der Waals surface area contributed by atoms with Gasteiger partial charge in [-0.05, 0) is 29.9 Å². The van der Waals surface area contributed by atoms with Crippen LogP contribution in [-0.2, 0) is 6.42 Å². The zero-order valence-corrected chi connectivity index (χ0v) is 8.36. The Bertz CT molecular complexity index is 217. The molecule has 0 aliphatic heterocycles. The number of hydrogen-bond acceptors (Lipinski definition) is 1. The molecule has 0 aliphatic carbocycles. The van der Waals surface area contributed by atoms with Gasteiger partial charge in [0.2, 0.25) is 0 Å². The van der Waals surface area contributed by atoms with E-state index in [9.17, 15) is 5.73 Å². The zero-order valence-electron chi connectivity index (χ0n) is 7.55. The standard InChI is InChI=1S/C10H15NS/c1-2-3-4-5-6-9-7-8-12-10(9)11/h7-8H,2-6H2,1H3. The van der Waals surface area contributed by atoms with Crippen molar-refractivity contribution in [1.29, 1.82) is 0 Å². The molecule has 1 heterocycles. The predicted octanol–water partition coefficient (Wildman–Crippen LogP) is 3.57. The highest BCUT2D eigenvalue weighted by Gasteiger charge is 2.00.